The molecule has 1 unspecified atom stereocenters. The van der Waals surface area contributed by atoms with Gasteiger partial charge >= 0.3 is 5.97 Å². The fourth-order valence-electron chi connectivity index (χ4n) is 2.09. The lowest BCUT2D eigenvalue weighted by Crippen LogP contribution is -2.55. The Kier molecular flexibility index (Phi) is 4.08. The SMILES string of the molecule is Cc1nc(C(C)(C)C)sc1C(=O)NC1(C(=O)O)CCOC1. The molecule has 6 nitrogen and oxygen atoms in total. The van der Waals surface area contributed by atoms with Gasteiger partial charge in [0.15, 0.2) is 5.54 Å². The van der Waals surface area contributed by atoms with Gasteiger partial charge in [0, 0.05) is 18.4 Å². The van der Waals surface area contributed by atoms with Crippen LogP contribution < -0.4 is 5.32 Å². The highest BCUT2D eigenvalue weighted by atomic mass is 32.1. The molecule has 1 aliphatic heterocycles. The molecule has 1 saturated heterocycles. The predicted octanol–water partition coefficient (Wildman–Crippen LogP) is 1.72. The molecular formula is C14H20N2O4S. The van der Waals surface area contributed by atoms with Gasteiger partial charge in [0.2, 0.25) is 0 Å². The van der Waals surface area contributed by atoms with Crippen molar-refractivity contribution in [1.82, 2.24) is 10.3 Å². The zero-order chi connectivity index (χ0) is 15.8. The maximum absolute atomic E-state index is 12.4. The van der Waals surface area contributed by atoms with Gasteiger partial charge in [-0.1, -0.05) is 20.8 Å². The summed E-state index contributed by atoms with van der Waals surface area (Å²) in [4.78, 5) is 28.7. The van der Waals surface area contributed by atoms with Crippen LogP contribution in [0.15, 0.2) is 0 Å². The molecule has 1 fully saturated rings. The molecule has 2 N–H and O–H groups in total. The lowest BCUT2D eigenvalue weighted by Gasteiger charge is -2.23. The molecule has 0 spiro atoms. The Morgan fingerprint density at radius 2 is 2.10 bits per heavy atom. The molecule has 7 heteroatoms. The lowest BCUT2D eigenvalue weighted by atomic mass is 9.98. The summed E-state index contributed by atoms with van der Waals surface area (Å²) in [6.45, 7) is 8.17. The minimum Gasteiger partial charge on any atom is -0.479 e. The molecule has 21 heavy (non-hydrogen) atoms. The van der Waals surface area contributed by atoms with E-state index in [0.717, 1.165) is 5.01 Å². The Morgan fingerprint density at radius 3 is 2.52 bits per heavy atom. The van der Waals surface area contributed by atoms with Crippen LogP contribution in [0.25, 0.3) is 0 Å². The number of rotatable bonds is 3. The van der Waals surface area contributed by atoms with Crippen LogP contribution in [-0.4, -0.2) is 40.7 Å². The monoisotopic (exact) mass is 312 g/mol. The molecule has 0 radical (unpaired) electrons. The summed E-state index contributed by atoms with van der Waals surface area (Å²) in [5.41, 5.74) is -0.841. The summed E-state index contributed by atoms with van der Waals surface area (Å²) in [5, 5.41) is 12.8. The van der Waals surface area contributed by atoms with E-state index in [0.29, 0.717) is 17.2 Å². The van der Waals surface area contributed by atoms with Crippen molar-refractivity contribution in [3.63, 3.8) is 0 Å². The number of thiazole rings is 1. The molecule has 1 aromatic heterocycles. The number of hydrogen-bond donors (Lipinski definition) is 2. The molecule has 1 aliphatic rings. The van der Waals surface area contributed by atoms with Crippen LogP contribution in [0, 0.1) is 6.92 Å². The molecule has 1 atom stereocenters. The summed E-state index contributed by atoms with van der Waals surface area (Å²) in [6.07, 6.45) is 0.276. The van der Waals surface area contributed by atoms with Crippen molar-refractivity contribution in [2.75, 3.05) is 13.2 Å². The van der Waals surface area contributed by atoms with Gasteiger partial charge in [-0.2, -0.15) is 0 Å². The Morgan fingerprint density at radius 1 is 1.43 bits per heavy atom. The van der Waals surface area contributed by atoms with Gasteiger partial charge in [-0.15, -0.1) is 11.3 Å². The predicted molar refractivity (Wildman–Crippen MR) is 78.8 cm³/mol. The van der Waals surface area contributed by atoms with E-state index < -0.39 is 17.4 Å². The molecule has 0 saturated carbocycles. The largest absolute Gasteiger partial charge is 0.479 e. The summed E-state index contributed by atoms with van der Waals surface area (Å²) in [7, 11) is 0. The zero-order valence-corrected chi connectivity index (χ0v) is 13.5. The second-order valence-electron chi connectivity index (χ2n) is 6.33. The Bertz CT molecular complexity index is 568. The van der Waals surface area contributed by atoms with Crippen molar-refractivity contribution in [3.8, 4) is 0 Å². The zero-order valence-electron chi connectivity index (χ0n) is 12.6. The van der Waals surface area contributed by atoms with Crippen LogP contribution in [-0.2, 0) is 14.9 Å². The van der Waals surface area contributed by atoms with Gasteiger partial charge in [-0.05, 0) is 6.92 Å². The molecule has 0 bridgehead atoms. The van der Waals surface area contributed by atoms with Gasteiger partial charge in [-0.25, -0.2) is 9.78 Å². The highest BCUT2D eigenvalue weighted by Gasteiger charge is 2.44. The first-order valence-corrected chi connectivity index (χ1v) is 7.59. The van der Waals surface area contributed by atoms with Crippen LogP contribution in [0.4, 0.5) is 0 Å². The second-order valence-corrected chi connectivity index (χ2v) is 7.33. The molecule has 2 rings (SSSR count). The van der Waals surface area contributed by atoms with Gasteiger partial charge in [0.25, 0.3) is 5.91 Å². The third-order valence-corrected chi connectivity index (χ3v) is 5.01. The van der Waals surface area contributed by atoms with E-state index in [1.54, 1.807) is 6.92 Å². The first-order valence-electron chi connectivity index (χ1n) is 6.77. The number of nitrogens with zero attached hydrogens (tertiary/aromatic N) is 1. The van der Waals surface area contributed by atoms with Gasteiger partial charge in [0.05, 0.1) is 17.3 Å². The number of carboxylic acids is 1. The summed E-state index contributed by atoms with van der Waals surface area (Å²) >= 11 is 1.31. The number of nitrogens with one attached hydrogen (secondary N) is 1. The molecule has 116 valence electrons. The van der Waals surface area contributed by atoms with Crippen LogP contribution in [0.3, 0.4) is 0 Å². The molecular weight excluding hydrogens is 292 g/mol. The number of amides is 1. The molecule has 0 aromatic carbocycles. The molecule has 1 aromatic rings. The van der Waals surface area contributed by atoms with E-state index in [-0.39, 0.29) is 18.4 Å². The summed E-state index contributed by atoms with van der Waals surface area (Å²) < 4.78 is 5.14. The van der Waals surface area contributed by atoms with Crippen LogP contribution >= 0.6 is 11.3 Å². The van der Waals surface area contributed by atoms with Crippen molar-refractivity contribution in [3.05, 3.63) is 15.6 Å². The van der Waals surface area contributed by atoms with Crippen molar-refractivity contribution >= 4 is 23.2 Å². The summed E-state index contributed by atoms with van der Waals surface area (Å²) in [5.74, 6) is -1.46. The quantitative estimate of drug-likeness (QED) is 0.887. The number of aromatic nitrogens is 1. The number of hydrogen-bond acceptors (Lipinski definition) is 5. The number of carbonyl (C=O) groups is 2. The molecule has 0 aliphatic carbocycles. The third-order valence-electron chi connectivity index (χ3n) is 3.43. The van der Waals surface area contributed by atoms with Crippen molar-refractivity contribution in [1.29, 1.82) is 0 Å². The summed E-state index contributed by atoms with van der Waals surface area (Å²) in [6, 6.07) is 0. The number of aliphatic carboxylic acids is 1. The normalized spacial score (nSPS) is 22.3. The van der Waals surface area contributed by atoms with E-state index in [1.807, 2.05) is 20.8 Å². The Balaban J connectivity index is 2.25. The molecule has 2 heterocycles. The van der Waals surface area contributed by atoms with Crippen LogP contribution in [0.5, 0.6) is 0 Å². The van der Waals surface area contributed by atoms with E-state index in [1.165, 1.54) is 11.3 Å². The van der Waals surface area contributed by atoms with E-state index in [4.69, 9.17) is 4.74 Å². The van der Waals surface area contributed by atoms with Gasteiger partial charge < -0.3 is 15.2 Å². The van der Waals surface area contributed by atoms with Gasteiger partial charge in [-0.3, -0.25) is 4.79 Å². The standard InChI is InChI=1S/C14H20N2O4S/c1-8-9(21-11(15-8)13(2,3)4)10(17)16-14(12(18)19)5-6-20-7-14/h5-7H2,1-4H3,(H,16,17)(H,18,19). The maximum atomic E-state index is 12.4. The van der Waals surface area contributed by atoms with Crippen molar-refractivity contribution in [2.45, 2.75) is 45.1 Å². The highest BCUT2D eigenvalue weighted by molar-refractivity contribution is 7.14. The van der Waals surface area contributed by atoms with Gasteiger partial charge in [0.1, 0.15) is 4.88 Å². The molecule has 1 amide bonds. The number of carbonyl (C=O) groups excluding carboxylic acids is 1. The fourth-order valence-corrected chi connectivity index (χ4v) is 3.11. The lowest BCUT2D eigenvalue weighted by molar-refractivity contribution is -0.144. The highest BCUT2D eigenvalue weighted by Crippen LogP contribution is 2.30. The average Bonchev–Trinajstić information content (AvgIpc) is 2.95. The first kappa shape index (κ1) is 15.9. The van der Waals surface area contributed by atoms with E-state index >= 15 is 0 Å². The fraction of sp³-hybridized carbons (Fsp3) is 0.643. The number of aryl methyl sites for hydroxylation is 1. The van der Waals surface area contributed by atoms with Crippen molar-refractivity contribution < 1.29 is 19.4 Å². The first-order chi connectivity index (χ1) is 9.66. The van der Waals surface area contributed by atoms with E-state index in [9.17, 15) is 14.7 Å². The smallest absolute Gasteiger partial charge is 0.331 e. The van der Waals surface area contributed by atoms with Crippen molar-refractivity contribution in [2.24, 2.45) is 0 Å². The van der Waals surface area contributed by atoms with Crippen LogP contribution in [0.1, 0.15) is 47.6 Å². The van der Waals surface area contributed by atoms with E-state index in [2.05, 4.69) is 10.3 Å². The number of carboxylic acid groups (broad SMARTS) is 1. The Labute approximate surface area is 127 Å². The third kappa shape index (κ3) is 3.08. The average molecular weight is 312 g/mol. The maximum Gasteiger partial charge on any atom is 0.331 e. The van der Waals surface area contributed by atoms with Crippen LogP contribution in [0.2, 0.25) is 0 Å². The second kappa shape index (κ2) is 5.38. The topological polar surface area (TPSA) is 88.5 Å². The minimum absolute atomic E-state index is 0.00193. The minimum atomic E-state index is -1.32. The Hall–Kier alpha value is -1.47. The number of ether oxygens (including phenoxy) is 1.